The third kappa shape index (κ3) is 4.62. The molecule has 0 bridgehead atoms. The van der Waals surface area contributed by atoms with E-state index in [1.165, 1.54) is 37.4 Å². The van der Waals surface area contributed by atoms with Gasteiger partial charge in [-0.1, -0.05) is 12.1 Å². The largest absolute Gasteiger partial charge is 0.469 e. The van der Waals surface area contributed by atoms with Crippen molar-refractivity contribution in [2.24, 2.45) is 0 Å². The van der Waals surface area contributed by atoms with Crippen LogP contribution in [0.1, 0.15) is 29.3 Å². The Hall–Kier alpha value is -2.76. The van der Waals surface area contributed by atoms with Crippen molar-refractivity contribution in [3.8, 4) is 11.1 Å². The van der Waals surface area contributed by atoms with E-state index >= 15 is 0 Å². The Balaban J connectivity index is 2.18. The molecule has 6 heteroatoms. The normalized spacial score (nSPS) is 11.7. The summed E-state index contributed by atoms with van der Waals surface area (Å²) < 4.78 is 32.2. The maximum atomic E-state index is 14.4. The van der Waals surface area contributed by atoms with Gasteiger partial charge < -0.3 is 10.1 Å². The summed E-state index contributed by atoms with van der Waals surface area (Å²) >= 11 is 0. The minimum Gasteiger partial charge on any atom is -0.469 e. The van der Waals surface area contributed by atoms with Crippen LogP contribution in [0.15, 0.2) is 36.4 Å². The van der Waals surface area contributed by atoms with E-state index < -0.39 is 29.6 Å². The topological polar surface area (TPSA) is 55.4 Å². The Kier molecular flexibility index (Phi) is 5.85. The zero-order chi connectivity index (χ0) is 18.6. The maximum Gasteiger partial charge on any atom is 0.307 e. The Bertz CT molecular complexity index is 805. The second-order valence-corrected chi connectivity index (χ2v) is 5.81. The molecule has 0 aliphatic rings. The zero-order valence-corrected chi connectivity index (χ0v) is 14.2. The fourth-order valence-corrected chi connectivity index (χ4v) is 2.50. The van der Waals surface area contributed by atoms with Gasteiger partial charge in [0, 0.05) is 17.2 Å². The minimum absolute atomic E-state index is 0.0254. The second-order valence-electron chi connectivity index (χ2n) is 5.81. The SMILES string of the molecule is COC(=O)CC(C)NC(=O)c1ccc(-c2ccc(F)cc2C)c(F)c1. The van der Waals surface area contributed by atoms with Crippen LogP contribution < -0.4 is 5.32 Å². The highest BCUT2D eigenvalue weighted by Gasteiger charge is 2.16. The van der Waals surface area contributed by atoms with Crippen molar-refractivity contribution in [2.45, 2.75) is 26.3 Å². The molecule has 0 saturated carbocycles. The van der Waals surface area contributed by atoms with Crippen molar-refractivity contribution in [3.63, 3.8) is 0 Å². The van der Waals surface area contributed by atoms with Crippen molar-refractivity contribution < 1.29 is 23.1 Å². The Morgan fingerprint density at radius 2 is 1.80 bits per heavy atom. The van der Waals surface area contributed by atoms with Crippen LogP contribution in [0.25, 0.3) is 11.1 Å². The summed E-state index contributed by atoms with van der Waals surface area (Å²) in [5.41, 5.74) is 1.59. The third-order valence-electron chi connectivity index (χ3n) is 3.79. The van der Waals surface area contributed by atoms with E-state index in [0.29, 0.717) is 11.1 Å². The van der Waals surface area contributed by atoms with E-state index in [1.807, 2.05) is 0 Å². The summed E-state index contributed by atoms with van der Waals surface area (Å²) in [6.45, 7) is 3.34. The maximum absolute atomic E-state index is 14.4. The Morgan fingerprint density at radius 3 is 2.40 bits per heavy atom. The molecule has 1 unspecified atom stereocenters. The third-order valence-corrected chi connectivity index (χ3v) is 3.79. The molecule has 0 fully saturated rings. The fourth-order valence-electron chi connectivity index (χ4n) is 2.50. The summed E-state index contributed by atoms with van der Waals surface area (Å²) in [4.78, 5) is 23.3. The van der Waals surface area contributed by atoms with Crippen LogP contribution in [0.5, 0.6) is 0 Å². The second kappa shape index (κ2) is 7.88. The number of hydrogen-bond donors (Lipinski definition) is 1. The molecule has 1 atom stereocenters. The van der Waals surface area contributed by atoms with Gasteiger partial charge in [0.15, 0.2) is 0 Å². The first kappa shape index (κ1) is 18.6. The van der Waals surface area contributed by atoms with Crippen LogP contribution in [0, 0.1) is 18.6 Å². The van der Waals surface area contributed by atoms with Gasteiger partial charge >= 0.3 is 5.97 Å². The predicted octanol–water partition coefficient (Wildman–Crippen LogP) is 3.62. The molecule has 0 saturated heterocycles. The molecular formula is C19H19F2NO3. The van der Waals surface area contributed by atoms with E-state index in [4.69, 9.17) is 0 Å². The number of carbonyl (C=O) groups excluding carboxylic acids is 2. The predicted molar refractivity (Wildman–Crippen MR) is 90.1 cm³/mol. The smallest absolute Gasteiger partial charge is 0.307 e. The summed E-state index contributed by atoms with van der Waals surface area (Å²) in [7, 11) is 1.27. The van der Waals surface area contributed by atoms with Gasteiger partial charge in [0.05, 0.1) is 13.5 Å². The van der Waals surface area contributed by atoms with Crippen LogP contribution in [0.4, 0.5) is 8.78 Å². The molecule has 2 aromatic rings. The lowest BCUT2D eigenvalue weighted by Gasteiger charge is -2.13. The highest BCUT2D eigenvalue weighted by molar-refractivity contribution is 5.95. The van der Waals surface area contributed by atoms with E-state index in [9.17, 15) is 18.4 Å². The van der Waals surface area contributed by atoms with E-state index in [0.717, 1.165) is 6.07 Å². The molecule has 2 rings (SSSR count). The van der Waals surface area contributed by atoms with Crippen LogP contribution >= 0.6 is 0 Å². The van der Waals surface area contributed by atoms with E-state index in [2.05, 4.69) is 10.1 Å². The van der Waals surface area contributed by atoms with Crippen molar-refractivity contribution in [1.29, 1.82) is 0 Å². The number of aryl methyl sites for hydroxylation is 1. The van der Waals surface area contributed by atoms with Crippen molar-refractivity contribution in [1.82, 2.24) is 5.32 Å². The van der Waals surface area contributed by atoms with Crippen LogP contribution in [0.3, 0.4) is 0 Å². The molecule has 0 aromatic heterocycles. The molecule has 25 heavy (non-hydrogen) atoms. The van der Waals surface area contributed by atoms with Gasteiger partial charge in [-0.15, -0.1) is 0 Å². The molecule has 0 aliphatic heterocycles. The number of amides is 1. The van der Waals surface area contributed by atoms with Gasteiger partial charge in [-0.05, 0) is 49.2 Å². The summed E-state index contributed by atoms with van der Waals surface area (Å²) in [5.74, 6) is -1.90. The number of carbonyl (C=O) groups is 2. The van der Waals surface area contributed by atoms with Gasteiger partial charge in [-0.3, -0.25) is 9.59 Å². The molecule has 1 amide bonds. The van der Waals surface area contributed by atoms with E-state index in [1.54, 1.807) is 13.8 Å². The average molecular weight is 347 g/mol. The first-order valence-electron chi connectivity index (χ1n) is 7.75. The first-order chi connectivity index (χ1) is 11.8. The highest BCUT2D eigenvalue weighted by Crippen LogP contribution is 2.27. The zero-order valence-electron chi connectivity index (χ0n) is 14.2. The number of ether oxygens (including phenoxy) is 1. The molecule has 0 heterocycles. The summed E-state index contributed by atoms with van der Waals surface area (Å²) in [6.07, 6.45) is 0.0254. The number of benzene rings is 2. The van der Waals surface area contributed by atoms with Gasteiger partial charge in [-0.25, -0.2) is 8.78 Å². The fraction of sp³-hybridized carbons (Fsp3) is 0.263. The highest BCUT2D eigenvalue weighted by atomic mass is 19.1. The van der Waals surface area contributed by atoms with Gasteiger partial charge in [0.1, 0.15) is 11.6 Å². The molecule has 2 aromatic carbocycles. The van der Waals surface area contributed by atoms with Gasteiger partial charge in [0.25, 0.3) is 5.91 Å². The van der Waals surface area contributed by atoms with E-state index in [-0.39, 0.29) is 17.5 Å². The molecule has 0 radical (unpaired) electrons. The average Bonchev–Trinajstić information content (AvgIpc) is 2.55. The lowest BCUT2D eigenvalue weighted by Crippen LogP contribution is -2.34. The minimum atomic E-state index is -0.581. The van der Waals surface area contributed by atoms with Crippen LogP contribution in [-0.2, 0) is 9.53 Å². The molecule has 4 nitrogen and oxygen atoms in total. The quantitative estimate of drug-likeness (QED) is 0.841. The summed E-state index contributed by atoms with van der Waals surface area (Å²) in [6, 6.07) is 7.74. The number of rotatable bonds is 5. The molecule has 132 valence electrons. The Morgan fingerprint density at radius 1 is 1.12 bits per heavy atom. The van der Waals surface area contributed by atoms with Crippen LogP contribution in [0.2, 0.25) is 0 Å². The Labute approximate surface area is 144 Å². The first-order valence-corrected chi connectivity index (χ1v) is 7.75. The van der Waals surface area contributed by atoms with Crippen molar-refractivity contribution in [2.75, 3.05) is 7.11 Å². The van der Waals surface area contributed by atoms with Gasteiger partial charge in [0.2, 0.25) is 0 Å². The molecular weight excluding hydrogens is 328 g/mol. The van der Waals surface area contributed by atoms with Crippen molar-refractivity contribution >= 4 is 11.9 Å². The number of nitrogens with one attached hydrogen (secondary N) is 1. The lowest BCUT2D eigenvalue weighted by atomic mass is 9.98. The molecule has 1 N–H and O–H groups in total. The lowest BCUT2D eigenvalue weighted by molar-refractivity contribution is -0.141. The number of methoxy groups -OCH3 is 1. The van der Waals surface area contributed by atoms with Crippen LogP contribution in [-0.4, -0.2) is 25.0 Å². The monoisotopic (exact) mass is 347 g/mol. The number of hydrogen-bond acceptors (Lipinski definition) is 3. The molecule has 0 aliphatic carbocycles. The standard InChI is InChI=1S/C19H19F2NO3/c1-11-8-14(20)5-7-15(11)16-6-4-13(10-17(16)21)19(24)22-12(2)9-18(23)25-3/h4-8,10,12H,9H2,1-3H3,(H,22,24). The van der Waals surface area contributed by atoms with Gasteiger partial charge in [-0.2, -0.15) is 0 Å². The number of halogens is 2. The number of esters is 1. The molecule has 0 spiro atoms. The summed E-state index contributed by atoms with van der Waals surface area (Å²) in [5, 5.41) is 2.61. The van der Waals surface area contributed by atoms with Crippen molar-refractivity contribution in [3.05, 3.63) is 59.2 Å².